The van der Waals surface area contributed by atoms with Crippen LogP contribution in [0.2, 0.25) is 0 Å². The molecule has 1 aromatic carbocycles. The van der Waals surface area contributed by atoms with E-state index in [9.17, 15) is 14.4 Å². The first kappa shape index (κ1) is 15.5. The number of benzene rings is 1. The van der Waals surface area contributed by atoms with E-state index < -0.39 is 18.0 Å². The molecule has 1 aromatic rings. The molecule has 0 aromatic heterocycles. The molecule has 7 heteroatoms. The van der Waals surface area contributed by atoms with Crippen LogP contribution < -0.4 is 5.32 Å². The highest BCUT2D eigenvalue weighted by molar-refractivity contribution is 5.97. The van der Waals surface area contributed by atoms with Crippen molar-refractivity contribution in [2.75, 3.05) is 11.9 Å². The molecular formula is C13H15NO6. The zero-order valence-corrected chi connectivity index (χ0v) is 11.0. The minimum atomic E-state index is -1.29. The first-order chi connectivity index (χ1) is 9.29. The molecule has 0 atom stereocenters. The van der Waals surface area contributed by atoms with Gasteiger partial charge in [-0.1, -0.05) is 13.8 Å². The van der Waals surface area contributed by atoms with Crippen molar-refractivity contribution in [2.24, 2.45) is 5.92 Å². The summed E-state index contributed by atoms with van der Waals surface area (Å²) in [5, 5.41) is 20.1. The van der Waals surface area contributed by atoms with Crippen LogP contribution in [0.3, 0.4) is 0 Å². The third kappa shape index (κ3) is 4.60. The molecule has 0 bridgehead atoms. The Morgan fingerprint density at radius 2 is 1.60 bits per heavy atom. The second kappa shape index (κ2) is 6.55. The quantitative estimate of drug-likeness (QED) is 0.763. The smallest absolute Gasteiger partial charge is 0.411 e. The van der Waals surface area contributed by atoms with E-state index in [0.717, 1.165) is 18.2 Å². The van der Waals surface area contributed by atoms with Crippen LogP contribution in [0.1, 0.15) is 34.6 Å². The minimum absolute atomic E-state index is 0.0519. The zero-order valence-electron chi connectivity index (χ0n) is 11.0. The average molecular weight is 281 g/mol. The van der Waals surface area contributed by atoms with E-state index in [2.05, 4.69) is 5.32 Å². The van der Waals surface area contributed by atoms with Gasteiger partial charge in [0.15, 0.2) is 0 Å². The number of aromatic carboxylic acids is 2. The van der Waals surface area contributed by atoms with Crippen LogP contribution in [0, 0.1) is 5.92 Å². The van der Waals surface area contributed by atoms with Crippen LogP contribution in [0.5, 0.6) is 0 Å². The number of anilines is 1. The number of carboxylic acids is 2. The zero-order chi connectivity index (χ0) is 15.3. The lowest BCUT2D eigenvalue weighted by Gasteiger charge is -2.10. The van der Waals surface area contributed by atoms with Crippen molar-refractivity contribution in [3.8, 4) is 0 Å². The van der Waals surface area contributed by atoms with Crippen LogP contribution in [0.15, 0.2) is 18.2 Å². The molecule has 0 heterocycles. The molecule has 0 fully saturated rings. The van der Waals surface area contributed by atoms with Gasteiger partial charge in [0.2, 0.25) is 0 Å². The Morgan fingerprint density at radius 1 is 1.10 bits per heavy atom. The lowest BCUT2D eigenvalue weighted by Crippen LogP contribution is -2.17. The normalized spacial score (nSPS) is 10.2. The first-order valence-corrected chi connectivity index (χ1v) is 5.85. The maximum atomic E-state index is 11.5. The lowest BCUT2D eigenvalue weighted by atomic mass is 10.1. The van der Waals surface area contributed by atoms with E-state index in [4.69, 9.17) is 14.9 Å². The Hall–Kier alpha value is -2.57. The van der Waals surface area contributed by atoms with E-state index >= 15 is 0 Å². The van der Waals surface area contributed by atoms with Gasteiger partial charge in [-0.05, 0) is 24.1 Å². The standard InChI is InChI=1S/C13H15NO6/c1-7(2)6-20-13(19)14-10-4-8(11(15)16)3-9(5-10)12(17)18/h3-5,7H,6H2,1-2H3,(H,14,19)(H,15,16)(H,17,18). The lowest BCUT2D eigenvalue weighted by molar-refractivity contribution is 0.0696. The fraction of sp³-hybridized carbons (Fsp3) is 0.308. The van der Waals surface area contributed by atoms with Crippen molar-refractivity contribution in [3.63, 3.8) is 0 Å². The summed E-state index contributed by atoms with van der Waals surface area (Å²) in [7, 11) is 0. The Labute approximate surface area is 115 Å². The fourth-order valence-corrected chi connectivity index (χ4v) is 1.34. The fourth-order valence-electron chi connectivity index (χ4n) is 1.34. The van der Waals surface area contributed by atoms with Gasteiger partial charge in [-0.25, -0.2) is 14.4 Å². The largest absolute Gasteiger partial charge is 0.478 e. The van der Waals surface area contributed by atoms with Gasteiger partial charge in [0.05, 0.1) is 17.7 Å². The third-order valence-electron chi connectivity index (χ3n) is 2.22. The molecule has 0 saturated heterocycles. The van der Waals surface area contributed by atoms with Gasteiger partial charge in [-0.2, -0.15) is 0 Å². The summed E-state index contributed by atoms with van der Waals surface area (Å²) < 4.78 is 4.86. The molecular weight excluding hydrogens is 266 g/mol. The summed E-state index contributed by atoms with van der Waals surface area (Å²) in [6.07, 6.45) is -0.766. The summed E-state index contributed by atoms with van der Waals surface area (Å²) >= 11 is 0. The first-order valence-electron chi connectivity index (χ1n) is 5.85. The maximum absolute atomic E-state index is 11.5. The molecule has 0 spiro atoms. The van der Waals surface area contributed by atoms with E-state index in [0.29, 0.717) is 0 Å². The van der Waals surface area contributed by atoms with Crippen molar-refractivity contribution in [1.82, 2.24) is 0 Å². The average Bonchev–Trinajstić information content (AvgIpc) is 2.35. The summed E-state index contributed by atoms with van der Waals surface area (Å²) in [4.78, 5) is 33.2. The molecule has 3 N–H and O–H groups in total. The number of hydrogen-bond donors (Lipinski definition) is 3. The molecule has 0 aliphatic heterocycles. The number of carbonyl (C=O) groups is 3. The van der Waals surface area contributed by atoms with Gasteiger partial charge in [0, 0.05) is 5.69 Å². The number of hydrogen-bond acceptors (Lipinski definition) is 4. The topological polar surface area (TPSA) is 113 Å². The number of ether oxygens (including phenoxy) is 1. The number of carbonyl (C=O) groups excluding carboxylic acids is 1. The highest BCUT2D eigenvalue weighted by Gasteiger charge is 2.13. The Balaban J connectivity index is 2.91. The van der Waals surface area contributed by atoms with Crippen LogP contribution in [-0.2, 0) is 4.74 Å². The molecule has 1 rings (SSSR count). The van der Waals surface area contributed by atoms with E-state index in [1.165, 1.54) is 0 Å². The van der Waals surface area contributed by atoms with E-state index in [1.807, 2.05) is 13.8 Å². The molecule has 108 valence electrons. The molecule has 0 radical (unpaired) electrons. The van der Waals surface area contributed by atoms with Crippen molar-refractivity contribution in [2.45, 2.75) is 13.8 Å². The Kier molecular flexibility index (Phi) is 5.08. The summed E-state index contributed by atoms with van der Waals surface area (Å²) in [5.41, 5.74) is -0.413. The summed E-state index contributed by atoms with van der Waals surface area (Å²) in [5.74, 6) is -2.42. The number of rotatable bonds is 5. The van der Waals surface area contributed by atoms with Crippen LogP contribution in [0.4, 0.5) is 10.5 Å². The second-order valence-electron chi connectivity index (χ2n) is 4.53. The molecule has 0 saturated carbocycles. The molecule has 20 heavy (non-hydrogen) atoms. The SMILES string of the molecule is CC(C)COC(=O)Nc1cc(C(=O)O)cc(C(=O)O)c1. The van der Waals surface area contributed by atoms with Crippen molar-refractivity contribution < 1.29 is 29.3 Å². The monoisotopic (exact) mass is 281 g/mol. The van der Waals surface area contributed by atoms with E-state index in [1.54, 1.807) is 0 Å². The minimum Gasteiger partial charge on any atom is -0.478 e. The predicted octanol–water partition coefficient (Wildman–Crippen LogP) is 2.29. The van der Waals surface area contributed by atoms with Gasteiger partial charge >= 0.3 is 18.0 Å². The van der Waals surface area contributed by atoms with Gasteiger partial charge in [0.1, 0.15) is 0 Å². The van der Waals surface area contributed by atoms with Gasteiger partial charge in [-0.15, -0.1) is 0 Å². The predicted molar refractivity (Wildman–Crippen MR) is 70.2 cm³/mol. The van der Waals surface area contributed by atoms with E-state index in [-0.39, 0.29) is 29.3 Å². The molecule has 7 nitrogen and oxygen atoms in total. The summed E-state index contributed by atoms with van der Waals surface area (Å²) in [6, 6.07) is 3.33. The second-order valence-corrected chi connectivity index (χ2v) is 4.53. The molecule has 0 aliphatic rings. The van der Waals surface area contributed by atoms with Crippen LogP contribution in [0.25, 0.3) is 0 Å². The van der Waals surface area contributed by atoms with Crippen molar-refractivity contribution in [1.29, 1.82) is 0 Å². The Morgan fingerprint density at radius 3 is 2.00 bits per heavy atom. The van der Waals surface area contributed by atoms with Crippen molar-refractivity contribution >= 4 is 23.7 Å². The number of nitrogens with one attached hydrogen (secondary N) is 1. The Bertz CT molecular complexity index is 505. The van der Waals surface area contributed by atoms with Crippen molar-refractivity contribution in [3.05, 3.63) is 29.3 Å². The molecule has 1 amide bonds. The molecule has 0 aliphatic carbocycles. The van der Waals surface area contributed by atoms with Gasteiger partial charge in [0.25, 0.3) is 0 Å². The third-order valence-corrected chi connectivity index (χ3v) is 2.22. The number of amides is 1. The van der Waals surface area contributed by atoms with Gasteiger partial charge in [-0.3, -0.25) is 5.32 Å². The van der Waals surface area contributed by atoms with Crippen LogP contribution in [-0.4, -0.2) is 34.9 Å². The van der Waals surface area contributed by atoms with Gasteiger partial charge < -0.3 is 14.9 Å². The highest BCUT2D eigenvalue weighted by atomic mass is 16.5. The summed E-state index contributed by atoms with van der Waals surface area (Å²) in [6.45, 7) is 3.93. The molecule has 0 unspecified atom stereocenters. The number of carboxylic acid groups (broad SMARTS) is 2. The maximum Gasteiger partial charge on any atom is 0.411 e. The van der Waals surface area contributed by atoms with Crippen LogP contribution >= 0.6 is 0 Å². The highest BCUT2D eigenvalue weighted by Crippen LogP contribution is 2.16.